The van der Waals surface area contributed by atoms with Gasteiger partial charge in [0.25, 0.3) is 0 Å². The molecule has 15 heavy (non-hydrogen) atoms. The number of piperidine rings is 1. The van der Waals surface area contributed by atoms with Crippen molar-refractivity contribution in [2.45, 2.75) is 51.1 Å². The molecule has 1 aliphatic carbocycles. The number of hydrogen-bond donors (Lipinski definition) is 1. The molecule has 1 aliphatic heterocycles. The molecule has 2 unspecified atom stereocenters. The number of hydrogen-bond acceptors (Lipinski definition) is 2. The summed E-state index contributed by atoms with van der Waals surface area (Å²) in [6, 6.07) is 0.520. The summed E-state index contributed by atoms with van der Waals surface area (Å²) in [5, 5.41) is 3.32. The lowest BCUT2D eigenvalue weighted by atomic mass is 10.0. The van der Waals surface area contributed by atoms with E-state index in [1.165, 1.54) is 25.7 Å². The molecule has 2 fully saturated rings. The van der Waals surface area contributed by atoms with E-state index in [2.05, 4.69) is 12.2 Å². The van der Waals surface area contributed by atoms with Crippen molar-refractivity contribution in [1.29, 1.82) is 0 Å². The summed E-state index contributed by atoms with van der Waals surface area (Å²) in [4.78, 5) is 14.1. The van der Waals surface area contributed by atoms with Gasteiger partial charge in [0.2, 0.25) is 5.91 Å². The molecule has 1 saturated carbocycles. The summed E-state index contributed by atoms with van der Waals surface area (Å²) < 4.78 is 0. The Morgan fingerprint density at radius 2 is 2.07 bits per heavy atom. The average molecular weight is 210 g/mol. The number of nitrogens with one attached hydrogen (secondary N) is 1. The topological polar surface area (TPSA) is 32.3 Å². The lowest BCUT2D eigenvalue weighted by Crippen LogP contribution is -2.50. The van der Waals surface area contributed by atoms with Crippen molar-refractivity contribution < 1.29 is 4.79 Å². The van der Waals surface area contributed by atoms with Gasteiger partial charge < -0.3 is 10.2 Å². The minimum atomic E-state index is 0.0879. The Morgan fingerprint density at radius 3 is 2.60 bits per heavy atom. The smallest absolute Gasteiger partial charge is 0.239 e. The largest absolute Gasteiger partial charge is 0.341 e. The summed E-state index contributed by atoms with van der Waals surface area (Å²) in [6.07, 6.45) is 6.02. The Kier molecular flexibility index (Phi) is 3.29. The predicted octanol–water partition coefficient (Wildman–Crippen LogP) is 1.39. The quantitative estimate of drug-likeness (QED) is 0.763. The highest BCUT2D eigenvalue weighted by Crippen LogP contribution is 2.34. The molecule has 0 spiro atoms. The van der Waals surface area contributed by atoms with Crippen LogP contribution in [0.4, 0.5) is 0 Å². The average Bonchev–Trinajstić information content (AvgIpc) is 3.11. The Balaban J connectivity index is 1.87. The van der Waals surface area contributed by atoms with Gasteiger partial charge in [-0.2, -0.15) is 0 Å². The zero-order valence-corrected chi connectivity index (χ0v) is 9.83. The molecule has 86 valence electrons. The van der Waals surface area contributed by atoms with Gasteiger partial charge in [-0.3, -0.25) is 4.79 Å². The van der Waals surface area contributed by atoms with E-state index in [0.29, 0.717) is 11.9 Å². The minimum Gasteiger partial charge on any atom is -0.341 e. The van der Waals surface area contributed by atoms with Crippen LogP contribution in [-0.4, -0.2) is 36.5 Å². The van der Waals surface area contributed by atoms with E-state index in [4.69, 9.17) is 0 Å². The van der Waals surface area contributed by atoms with Crippen LogP contribution >= 0.6 is 0 Å². The Labute approximate surface area is 92.2 Å². The SMILES string of the molecule is CC(C1CC1)N(C)C(=O)C1CCCCN1. The zero-order chi connectivity index (χ0) is 10.8. The van der Waals surface area contributed by atoms with Crippen LogP contribution in [0, 0.1) is 5.92 Å². The molecule has 2 atom stereocenters. The third-order valence-corrected chi connectivity index (χ3v) is 3.87. The number of carbonyl (C=O) groups excluding carboxylic acids is 1. The van der Waals surface area contributed by atoms with Crippen LogP contribution in [0.5, 0.6) is 0 Å². The van der Waals surface area contributed by atoms with Gasteiger partial charge in [0.05, 0.1) is 6.04 Å². The molecule has 1 N–H and O–H groups in total. The molecule has 0 aromatic carbocycles. The maximum atomic E-state index is 12.1. The van der Waals surface area contributed by atoms with Crippen LogP contribution in [-0.2, 0) is 4.79 Å². The standard InChI is InChI=1S/C12H22N2O/c1-9(10-6-7-10)14(2)12(15)11-5-3-4-8-13-11/h9-11,13H,3-8H2,1-2H3. The first-order valence-corrected chi connectivity index (χ1v) is 6.20. The normalized spacial score (nSPS) is 28.5. The Bertz CT molecular complexity index is 232. The van der Waals surface area contributed by atoms with E-state index < -0.39 is 0 Å². The Morgan fingerprint density at radius 1 is 1.33 bits per heavy atom. The van der Waals surface area contributed by atoms with Crippen molar-refractivity contribution in [3.05, 3.63) is 0 Å². The monoisotopic (exact) mass is 210 g/mol. The van der Waals surface area contributed by atoms with Gasteiger partial charge in [0.15, 0.2) is 0 Å². The first-order valence-electron chi connectivity index (χ1n) is 6.20. The highest BCUT2D eigenvalue weighted by atomic mass is 16.2. The molecule has 0 bridgehead atoms. The molecule has 3 nitrogen and oxygen atoms in total. The molecular weight excluding hydrogens is 188 g/mol. The van der Waals surface area contributed by atoms with Crippen molar-refractivity contribution in [3.63, 3.8) is 0 Å². The summed E-state index contributed by atoms with van der Waals surface area (Å²) in [6.45, 7) is 3.18. The second-order valence-corrected chi connectivity index (χ2v) is 5.03. The number of nitrogens with zero attached hydrogens (tertiary/aromatic N) is 1. The van der Waals surface area contributed by atoms with Gasteiger partial charge in [-0.25, -0.2) is 0 Å². The van der Waals surface area contributed by atoms with Crippen molar-refractivity contribution in [2.75, 3.05) is 13.6 Å². The summed E-state index contributed by atoms with van der Waals surface area (Å²) in [5.74, 6) is 1.07. The van der Waals surface area contributed by atoms with Crippen molar-refractivity contribution in [1.82, 2.24) is 10.2 Å². The minimum absolute atomic E-state index is 0.0879. The van der Waals surface area contributed by atoms with Crippen molar-refractivity contribution in [2.24, 2.45) is 5.92 Å². The summed E-state index contributed by atoms with van der Waals surface area (Å²) >= 11 is 0. The van der Waals surface area contributed by atoms with E-state index in [9.17, 15) is 4.79 Å². The van der Waals surface area contributed by atoms with E-state index in [1.54, 1.807) is 0 Å². The van der Waals surface area contributed by atoms with Crippen LogP contribution < -0.4 is 5.32 Å². The van der Waals surface area contributed by atoms with E-state index >= 15 is 0 Å². The van der Waals surface area contributed by atoms with Gasteiger partial charge in [-0.15, -0.1) is 0 Å². The molecule has 1 heterocycles. The second-order valence-electron chi connectivity index (χ2n) is 5.03. The summed E-state index contributed by atoms with van der Waals surface area (Å²) in [5.41, 5.74) is 0. The predicted molar refractivity (Wildman–Crippen MR) is 60.6 cm³/mol. The second kappa shape index (κ2) is 4.52. The molecule has 0 aromatic rings. The van der Waals surface area contributed by atoms with Crippen LogP contribution in [0.15, 0.2) is 0 Å². The molecule has 0 aromatic heterocycles. The zero-order valence-electron chi connectivity index (χ0n) is 9.83. The fraction of sp³-hybridized carbons (Fsp3) is 0.917. The van der Waals surface area contributed by atoms with Gasteiger partial charge in [-0.1, -0.05) is 6.42 Å². The maximum Gasteiger partial charge on any atom is 0.239 e. The number of rotatable bonds is 3. The third-order valence-electron chi connectivity index (χ3n) is 3.87. The number of carbonyl (C=O) groups is 1. The van der Waals surface area contributed by atoms with Crippen molar-refractivity contribution >= 4 is 5.91 Å². The molecule has 1 saturated heterocycles. The molecule has 2 rings (SSSR count). The van der Waals surface area contributed by atoms with E-state index in [0.717, 1.165) is 18.9 Å². The van der Waals surface area contributed by atoms with Gasteiger partial charge >= 0.3 is 0 Å². The van der Waals surface area contributed by atoms with Crippen LogP contribution in [0.2, 0.25) is 0 Å². The number of amides is 1. The third kappa shape index (κ3) is 2.51. The lowest BCUT2D eigenvalue weighted by molar-refractivity contribution is -0.134. The first kappa shape index (κ1) is 10.9. The van der Waals surface area contributed by atoms with Crippen LogP contribution in [0.3, 0.4) is 0 Å². The molecular formula is C12H22N2O. The van der Waals surface area contributed by atoms with Crippen LogP contribution in [0.1, 0.15) is 39.0 Å². The highest BCUT2D eigenvalue weighted by Gasteiger charge is 2.34. The Hall–Kier alpha value is -0.570. The van der Waals surface area contributed by atoms with Crippen LogP contribution in [0.25, 0.3) is 0 Å². The lowest BCUT2D eigenvalue weighted by Gasteiger charge is -2.31. The molecule has 1 amide bonds. The highest BCUT2D eigenvalue weighted by molar-refractivity contribution is 5.82. The molecule has 2 aliphatic rings. The first-order chi connectivity index (χ1) is 7.20. The maximum absolute atomic E-state index is 12.1. The van der Waals surface area contributed by atoms with E-state index in [1.807, 2.05) is 11.9 Å². The molecule has 3 heteroatoms. The molecule has 0 radical (unpaired) electrons. The fourth-order valence-electron chi connectivity index (χ4n) is 2.40. The van der Waals surface area contributed by atoms with Gasteiger partial charge in [0, 0.05) is 13.1 Å². The van der Waals surface area contributed by atoms with Gasteiger partial charge in [0.1, 0.15) is 0 Å². The number of likely N-dealkylation sites (N-methyl/N-ethyl adjacent to an activating group) is 1. The summed E-state index contributed by atoms with van der Waals surface area (Å²) in [7, 11) is 1.96. The van der Waals surface area contributed by atoms with E-state index in [-0.39, 0.29) is 6.04 Å². The van der Waals surface area contributed by atoms with Crippen molar-refractivity contribution in [3.8, 4) is 0 Å². The fourth-order valence-corrected chi connectivity index (χ4v) is 2.40. The van der Waals surface area contributed by atoms with Gasteiger partial charge in [-0.05, 0) is 45.1 Å².